The Hall–Kier alpha value is -1.35. The van der Waals surface area contributed by atoms with Crippen molar-refractivity contribution in [1.82, 2.24) is 0 Å². The van der Waals surface area contributed by atoms with Crippen molar-refractivity contribution >= 4 is 5.90 Å². The minimum absolute atomic E-state index is 0.117. The molecule has 1 fully saturated rings. The van der Waals surface area contributed by atoms with E-state index in [0.717, 1.165) is 30.8 Å². The molecule has 1 saturated carbocycles. The van der Waals surface area contributed by atoms with Gasteiger partial charge in [-0.1, -0.05) is 18.2 Å². The van der Waals surface area contributed by atoms with Crippen molar-refractivity contribution in [3.63, 3.8) is 0 Å². The number of hydrogen-bond donors (Lipinski definition) is 1. The molecule has 0 bridgehead atoms. The van der Waals surface area contributed by atoms with Crippen molar-refractivity contribution in [2.24, 2.45) is 10.7 Å². The van der Waals surface area contributed by atoms with Crippen LogP contribution in [0.1, 0.15) is 30.4 Å². The second-order valence-corrected chi connectivity index (χ2v) is 5.05. The molecule has 2 N–H and O–H groups in total. The first-order chi connectivity index (χ1) is 8.27. The molecule has 0 aromatic heterocycles. The topological polar surface area (TPSA) is 47.6 Å². The Morgan fingerprint density at radius 3 is 2.82 bits per heavy atom. The molecule has 1 aliphatic heterocycles. The summed E-state index contributed by atoms with van der Waals surface area (Å²) in [4.78, 5) is 4.39. The highest BCUT2D eigenvalue weighted by Gasteiger charge is 2.37. The number of nitrogens with zero attached hydrogens (tertiary/aromatic N) is 1. The van der Waals surface area contributed by atoms with Gasteiger partial charge in [0.2, 0.25) is 5.90 Å². The van der Waals surface area contributed by atoms with Gasteiger partial charge in [-0.25, -0.2) is 4.99 Å². The third-order valence-corrected chi connectivity index (χ3v) is 3.62. The van der Waals surface area contributed by atoms with E-state index in [1.54, 1.807) is 0 Å². The lowest BCUT2D eigenvalue weighted by Gasteiger charge is -2.12. The molecule has 17 heavy (non-hydrogen) atoms. The van der Waals surface area contributed by atoms with Crippen molar-refractivity contribution in [3.05, 3.63) is 35.4 Å². The van der Waals surface area contributed by atoms with Gasteiger partial charge < -0.3 is 10.5 Å². The van der Waals surface area contributed by atoms with Crippen LogP contribution < -0.4 is 5.73 Å². The molecule has 1 heterocycles. The van der Waals surface area contributed by atoms with Crippen LogP contribution in [0.25, 0.3) is 0 Å². The molecule has 2 aliphatic rings. The fourth-order valence-corrected chi connectivity index (χ4v) is 2.24. The molecule has 0 atom stereocenters. The molecule has 0 amide bonds. The van der Waals surface area contributed by atoms with Crippen molar-refractivity contribution in [2.45, 2.75) is 31.2 Å². The number of hydrogen-bond acceptors (Lipinski definition) is 3. The molecule has 0 radical (unpaired) electrons. The van der Waals surface area contributed by atoms with E-state index in [-0.39, 0.29) is 5.54 Å². The van der Waals surface area contributed by atoms with Crippen molar-refractivity contribution in [1.29, 1.82) is 0 Å². The molecular formula is C14H18N2O. The van der Waals surface area contributed by atoms with Gasteiger partial charge in [-0.05, 0) is 37.3 Å². The summed E-state index contributed by atoms with van der Waals surface area (Å²) in [6, 6.07) is 8.36. The van der Waals surface area contributed by atoms with Gasteiger partial charge >= 0.3 is 0 Å². The fourth-order valence-electron chi connectivity index (χ4n) is 2.24. The number of nitrogens with two attached hydrogens (primary N) is 1. The smallest absolute Gasteiger partial charge is 0.216 e. The van der Waals surface area contributed by atoms with E-state index in [1.807, 2.05) is 6.07 Å². The first-order valence-corrected chi connectivity index (χ1v) is 6.31. The molecule has 0 spiro atoms. The maximum atomic E-state index is 6.14. The SMILES string of the molecule is NC1(CCc2ccccc2C2=NCCO2)CC1. The van der Waals surface area contributed by atoms with E-state index in [1.165, 1.54) is 18.4 Å². The largest absolute Gasteiger partial charge is 0.476 e. The molecule has 0 saturated heterocycles. The van der Waals surface area contributed by atoms with Crippen molar-refractivity contribution in [2.75, 3.05) is 13.2 Å². The Kier molecular flexibility index (Phi) is 2.63. The zero-order chi connectivity index (χ0) is 11.7. The Balaban J connectivity index is 1.78. The van der Waals surface area contributed by atoms with Crippen molar-refractivity contribution < 1.29 is 4.74 Å². The Morgan fingerprint density at radius 2 is 2.12 bits per heavy atom. The van der Waals surface area contributed by atoms with Gasteiger partial charge in [0.1, 0.15) is 6.61 Å². The highest BCUT2D eigenvalue weighted by molar-refractivity contribution is 5.96. The Labute approximate surface area is 102 Å². The Bertz CT molecular complexity index is 449. The van der Waals surface area contributed by atoms with Crippen LogP contribution in [0.4, 0.5) is 0 Å². The second kappa shape index (κ2) is 4.15. The highest BCUT2D eigenvalue weighted by Crippen LogP contribution is 2.36. The summed E-state index contributed by atoms with van der Waals surface area (Å²) >= 11 is 0. The lowest BCUT2D eigenvalue weighted by Crippen LogP contribution is -2.22. The van der Waals surface area contributed by atoms with Gasteiger partial charge in [0.25, 0.3) is 0 Å². The number of aryl methyl sites for hydroxylation is 1. The monoisotopic (exact) mass is 230 g/mol. The van der Waals surface area contributed by atoms with Crippen LogP contribution in [-0.4, -0.2) is 24.6 Å². The average molecular weight is 230 g/mol. The predicted octanol–water partition coefficient (Wildman–Crippen LogP) is 1.89. The number of aliphatic imine (C=N–C) groups is 1. The normalized spacial score (nSPS) is 20.9. The van der Waals surface area contributed by atoms with Gasteiger partial charge in [-0.2, -0.15) is 0 Å². The first-order valence-electron chi connectivity index (χ1n) is 6.31. The minimum atomic E-state index is 0.117. The molecule has 90 valence electrons. The molecule has 1 aromatic carbocycles. The lowest BCUT2D eigenvalue weighted by atomic mass is 9.99. The highest BCUT2D eigenvalue weighted by atomic mass is 16.5. The van der Waals surface area contributed by atoms with E-state index < -0.39 is 0 Å². The van der Waals surface area contributed by atoms with Gasteiger partial charge in [0, 0.05) is 11.1 Å². The summed E-state index contributed by atoms with van der Waals surface area (Å²) in [6.45, 7) is 1.50. The van der Waals surface area contributed by atoms with Crippen LogP contribution in [-0.2, 0) is 11.2 Å². The molecule has 1 aromatic rings. The van der Waals surface area contributed by atoms with Crippen LogP contribution in [0.5, 0.6) is 0 Å². The number of rotatable bonds is 4. The number of benzene rings is 1. The van der Waals surface area contributed by atoms with Crippen LogP contribution in [0, 0.1) is 0 Å². The van der Waals surface area contributed by atoms with Crippen LogP contribution in [0.3, 0.4) is 0 Å². The summed E-state index contributed by atoms with van der Waals surface area (Å²) in [5, 5.41) is 0. The van der Waals surface area contributed by atoms with E-state index in [4.69, 9.17) is 10.5 Å². The average Bonchev–Trinajstić information content (AvgIpc) is 2.88. The zero-order valence-corrected chi connectivity index (χ0v) is 9.98. The van der Waals surface area contributed by atoms with Crippen molar-refractivity contribution in [3.8, 4) is 0 Å². The van der Waals surface area contributed by atoms with Gasteiger partial charge in [0.15, 0.2) is 0 Å². The summed E-state index contributed by atoms with van der Waals surface area (Å²) in [5.74, 6) is 0.808. The molecule has 3 heteroatoms. The minimum Gasteiger partial charge on any atom is -0.476 e. The maximum Gasteiger partial charge on any atom is 0.216 e. The molecule has 3 rings (SSSR count). The first kappa shape index (κ1) is 10.8. The third kappa shape index (κ3) is 2.34. The van der Waals surface area contributed by atoms with Gasteiger partial charge in [0.05, 0.1) is 6.54 Å². The van der Waals surface area contributed by atoms with E-state index in [2.05, 4.69) is 23.2 Å². The second-order valence-electron chi connectivity index (χ2n) is 5.05. The maximum absolute atomic E-state index is 6.14. The summed E-state index contributed by atoms with van der Waals surface area (Å²) < 4.78 is 5.55. The standard InChI is InChI=1S/C14H18N2O/c15-14(7-8-14)6-5-11-3-1-2-4-12(11)13-16-9-10-17-13/h1-4H,5-10,15H2. The fraction of sp³-hybridized carbons (Fsp3) is 0.500. The summed E-state index contributed by atoms with van der Waals surface area (Å²) in [6.07, 6.45) is 4.44. The number of ether oxygens (including phenoxy) is 1. The summed E-state index contributed by atoms with van der Waals surface area (Å²) in [7, 11) is 0. The molecule has 3 nitrogen and oxygen atoms in total. The molecule has 0 unspecified atom stereocenters. The zero-order valence-electron chi connectivity index (χ0n) is 9.98. The quantitative estimate of drug-likeness (QED) is 0.858. The van der Waals surface area contributed by atoms with E-state index in [0.29, 0.717) is 6.61 Å². The molecular weight excluding hydrogens is 212 g/mol. The van der Waals surface area contributed by atoms with Crippen LogP contribution >= 0.6 is 0 Å². The van der Waals surface area contributed by atoms with Crippen LogP contribution in [0.15, 0.2) is 29.3 Å². The predicted molar refractivity (Wildman–Crippen MR) is 68.3 cm³/mol. The van der Waals surface area contributed by atoms with E-state index in [9.17, 15) is 0 Å². The summed E-state index contributed by atoms with van der Waals surface area (Å²) in [5.41, 5.74) is 8.71. The molecule has 1 aliphatic carbocycles. The Morgan fingerprint density at radius 1 is 1.29 bits per heavy atom. The van der Waals surface area contributed by atoms with E-state index >= 15 is 0 Å². The van der Waals surface area contributed by atoms with Gasteiger partial charge in [-0.15, -0.1) is 0 Å². The van der Waals surface area contributed by atoms with Gasteiger partial charge in [-0.3, -0.25) is 0 Å². The lowest BCUT2D eigenvalue weighted by molar-refractivity contribution is 0.348. The third-order valence-electron chi connectivity index (χ3n) is 3.62. The van der Waals surface area contributed by atoms with Crippen LogP contribution in [0.2, 0.25) is 0 Å².